The highest BCUT2D eigenvalue weighted by Gasteiger charge is 2.41. The van der Waals surface area contributed by atoms with Crippen molar-refractivity contribution in [1.29, 1.82) is 0 Å². The Morgan fingerprint density at radius 1 is 0.548 bits per heavy atom. The second-order valence-corrected chi connectivity index (χ2v) is 18.1. The highest BCUT2D eigenvalue weighted by molar-refractivity contribution is 7.69. The van der Waals surface area contributed by atoms with E-state index in [9.17, 15) is 0 Å². The van der Waals surface area contributed by atoms with Gasteiger partial charge < -0.3 is 14.2 Å². The lowest BCUT2D eigenvalue weighted by atomic mass is 9.76. The average Bonchev–Trinajstić information content (AvgIpc) is 2.89. The van der Waals surface area contributed by atoms with Gasteiger partial charge in [-0.3, -0.25) is 0 Å². The highest BCUT2D eigenvalue weighted by atomic mass is 31.1. The summed E-state index contributed by atoms with van der Waals surface area (Å²) >= 11 is 0. The van der Waals surface area contributed by atoms with E-state index in [4.69, 9.17) is 14.2 Å². The van der Waals surface area contributed by atoms with Crippen molar-refractivity contribution >= 4 is 13.2 Å². The molecule has 0 aliphatic rings. The smallest absolute Gasteiger partial charge is 0.127 e. The molecule has 0 amide bonds. The third kappa shape index (κ3) is 6.67. The van der Waals surface area contributed by atoms with Gasteiger partial charge in [0.15, 0.2) is 0 Å². The van der Waals surface area contributed by atoms with Gasteiger partial charge in [-0.25, -0.2) is 0 Å². The summed E-state index contributed by atoms with van der Waals surface area (Å²) in [4.78, 5) is 0. The van der Waals surface area contributed by atoms with Gasteiger partial charge in [-0.05, 0) is 85.7 Å². The maximum absolute atomic E-state index is 6.28. The van der Waals surface area contributed by atoms with Gasteiger partial charge in [-0.1, -0.05) is 109 Å². The van der Waals surface area contributed by atoms with E-state index in [0.717, 1.165) is 17.2 Å². The van der Waals surface area contributed by atoms with Crippen LogP contribution in [0.5, 0.6) is 17.2 Å². The van der Waals surface area contributed by atoms with Crippen molar-refractivity contribution < 1.29 is 14.2 Å². The van der Waals surface area contributed by atoms with Crippen molar-refractivity contribution in [2.75, 3.05) is 21.3 Å². The first-order valence-electron chi connectivity index (χ1n) is 15.4. The molecule has 0 saturated heterocycles. The first-order valence-corrected chi connectivity index (χ1v) is 16.7. The molecule has 0 bridgehead atoms. The molecule has 0 fully saturated rings. The second kappa shape index (κ2) is 13.0. The van der Waals surface area contributed by atoms with Crippen LogP contribution in [0.25, 0.3) is 22.3 Å². The second-order valence-electron chi connectivity index (χ2n) is 14.3. The summed E-state index contributed by atoms with van der Waals surface area (Å²) in [5, 5.41) is 1.37. The fraction of sp³-hybridized carbons (Fsp3) is 0.526. The summed E-state index contributed by atoms with van der Waals surface area (Å²) in [6, 6.07) is 15.3. The van der Waals surface area contributed by atoms with Crippen molar-refractivity contribution in [2.45, 2.75) is 111 Å². The molecule has 42 heavy (non-hydrogen) atoms. The largest absolute Gasteiger partial charge is 0.497 e. The van der Waals surface area contributed by atoms with Crippen LogP contribution >= 0.6 is 7.92 Å². The molecule has 0 N–H and O–H groups in total. The third-order valence-electron chi connectivity index (χ3n) is 7.98. The molecular weight excluding hydrogens is 535 g/mol. The minimum absolute atomic E-state index is 0.0364. The van der Waals surface area contributed by atoms with Crippen LogP contribution in [0.4, 0.5) is 0 Å². The number of rotatable bonds is 9. The molecule has 0 aromatic heterocycles. The molecular formula is C38H55O3P. The van der Waals surface area contributed by atoms with Crippen LogP contribution < -0.4 is 19.5 Å². The molecule has 3 nitrogen and oxygen atoms in total. The summed E-state index contributed by atoms with van der Waals surface area (Å²) in [5.41, 5.74) is 9.18. The van der Waals surface area contributed by atoms with Gasteiger partial charge in [-0.15, -0.1) is 0 Å². The third-order valence-corrected chi connectivity index (χ3v) is 11.6. The lowest BCUT2D eigenvalue weighted by Gasteiger charge is -2.44. The predicted molar refractivity (Wildman–Crippen MR) is 185 cm³/mol. The standard InChI is InChI=1S/C38H55O3P/c1-23(2)28-22-29(24(3)4)34(32(25(5)6)33(28)26-16-18-27(39-13)19-17-26)35-30(40-14)20-21-31(41-15)36(35)42(37(7,8)9)38(10,11)12/h16-25H,1-15H3. The molecule has 0 aliphatic heterocycles. The lowest BCUT2D eigenvalue weighted by Crippen LogP contribution is -2.33. The monoisotopic (exact) mass is 590 g/mol. The Labute approximate surface area is 258 Å². The zero-order valence-electron chi connectivity index (χ0n) is 28.9. The van der Waals surface area contributed by atoms with Crippen molar-refractivity contribution in [2.24, 2.45) is 0 Å². The Morgan fingerprint density at radius 2 is 1.02 bits per heavy atom. The van der Waals surface area contributed by atoms with Gasteiger partial charge in [-0.2, -0.15) is 0 Å². The summed E-state index contributed by atoms with van der Waals surface area (Å²) in [5.74, 6) is 3.68. The molecule has 230 valence electrons. The van der Waals surface area contributed by atoms with Gasteiger partial charge in [0, 0.05) is 10.9 Å². The molecule has 3 aromatic carbocycles. The van der Waals surface area contributed by atoms with Crippen LogP contribution in [0.15, 0.2) is 42.5 Å². The first kappa shape index (κ1) is 34.0. The summed E-state index contributed by atoms with van der Waals surface area (Å²) in [6.07, 6.45) is 0. The van der Waals surface area contributed by atoms with E-state index in [1.807, 2.05) is 14.2 Å². The van der Waals surface area contributed by atoms with Crippen LogP contribution in [0.1, 0.15) is 118 Å². The average molecular weight is 591 g/mol. The van der Waals surface area contributed by atoms with Crippen molar-refractivity contribution in [3.8, 4) is 39.5 Å². The van der Waals surface area contributed by atoms with Crippen LogP contribution in [-0.2, 0) is 0 Å². The maximum atomic E-state index is 6.28. The quantitative estimate of drug-likeness (QED) is 0.232. The molecule has 4 heteroatoms. The summed E-state index contributed by atoms with van der Waals surface area (Å²) in [7, 11) is 4.64. The summed E-state index contributed by atoms with van der Waals surface area (Å²) in [6.45, 7) is 28.2. The normalized spacial score (nSPS) is 12.5. The number of methoxy groups -OCH3 is 3. The molecule has 0 aliphatic carbocycles. The molecule has 3 aromatic rings. The van der Waals surface area contributed by atoms with Gasteiger partial charge in [0.25, 0.3) is 0 Å². The van der Waals surface area contributed by atoms with E-state index in [1.54, 1.807) is 7.11 Å². The Bertz CT molecular complexity index is 1360. The SMILES string of the molecule is COc1ccc(-c2c(C(C)C)cc(C(C)C)c(-c3c(OC)ccc(OC)c3P(C(C)(C)C)C(C)(C)C)c2C(C)C)cc1. The molecule has 0 spiro atoms. The Balaban J connectivity index is 2.73. The molecule has 0 unspecified atom stereocenters. The number of hydrogen-bond donors (Lipinski definition) is 0. The van der Waals surface area contributed by atoms with E-state index >= 15 is 0 Å². The van der Waals surface area contributed by atoms with Crippen molar-refractivity contribution in [1.82, 2.24) is 0 Å². The highest BCUT2D eigenvalue weighted by Crippen LogP contribution is 2.62. The number of benzene rings is 3. The summed E-state index contributed by atoms with van der Waals surface area (Å²) < 4.78 is 18.0. The van der Waals surface area contributed by atoms with Gasteiger partial charge in [0.05, 0.1) is 21.3 Å². The Kier molecular flexibility index (Phi) is 10.5. The minimum Gasteiger partial charge on any atom is -0.497 e. The molecule has 0 heterocycles. The zero-order valence-corrected chi connectivity index (χ0v) is 29.8. The van der Waals surface area contributed by atoms with Crippen LogP contribution in [0.2, 0.25) is 0 Å². The molecule has 3 rings (SSSR count). The van der Waals surface area contributed by atoms with E-state index in [1.165, 1.54) is 44.2 Å². The fourth-order valence-electron chi connectivity index (χ4n) is 6.62. The fourth-order valence-corrected chi connectivity index (χ4v) is 10.8. The van der Waals surface area contributed by atoms with E-state index in [0.29, 0.717) is 11.8 Å². The Morgan fingerprint density at radius 3 is 1.43 bits per heavy atom. The predicted octanol–water partition coefficient (Wildman–Crippen LogP) is 11.1. The molecule has 0 radical (unpaired) electrons. The van der Waals surface area contributed by atoms with E-state index in [2.05, 4.69) is 126 Å². The number of hydrogen-bond acceptors (Lipinski definition) is 3. The molecule has 0 atom stereocenters. The zero-order chi connectivity index (χ0) is 31.7. The van der Waals surface area contributed by atoms with Crippen LogP contribution in [0, 0.1) is 0 Å². The van der Waals surface area contributed by atoms with Gasteiger partial charge >= 0.3 is 0 Å². The van der Waals surface area contributed by atoms with E-state index in [-0.39, 0.29) is 16.2 Å². The van der Waals surface area contributed by atoms with Crippen molar-refractivity contribution in [3.63, 3.8) is 0 Å². The molecule has 0 saturated carbocycles. The first-order chi connectivity index (χ1) is 19.5. The minimum atomic E-state index is -0.706. The lowest BCUT2D eigenvalue weighted by molar-refractivity contribution is 0.407. The Hall–Kier alpha value is -2.51. The van der Waals surface area contributed by atoms with Crippen LogP contribution in [-0.4, -0.2) is 31.6 Å². The topological polar surface area (TPSA) is 27.7 Å². The van der Waals surface area contributed by atoms with Crippen LogP contribution in [0.3, 0.4) is 0 Å². The van der Waals surface area contributed by atoms with E-state index < -0.39 is 7.92 Å². The maximum Gasteiger partial charge on any atom is 0.127 e. The number of ether oxygens (including phenoxy) is 3. The van der Waals surface area contributed by atoms with Gasteiger partial charge in [0.1, 0.15) is 17.2 Å². The van der Waals surface area contributed by atoms with Gasteiger partial charge in [0.2, 0.25) is 0 Å². The van der Waals surface area contributed by atoms with Crippen molar-refractivity contribution in [3.05, 3.63) is 59.2 Å².